The Bertz CT molecular complexity index is 666. The van der Waals surface area contributed by atoms with Crippen molar-refractivity contribution in [2.75, 3.05) is 19.0 Å². The van der Waals surface area contributed by atoms with E-state index in [0.29, 0.717) is 12.1 Å². The van der Waals surface area contributed by atoms with Crippen molar-refractivity contribution in [1.82, 2.24) is 5.32 Å². The molecule has 0 atom stereocenters. The molecular formula is C17H19N3O3. The molecule has 0 radical (unpaired) electrons. The Morgan fingerprint density at radius 1 is 1.04 bits per heavy atom. The molecule has 0 heterocycles. The van der Waals surface area contributed by atoms with Crippen LogP contribution in [0.3, 0.4) is 0 Å². The molecule has 6 nitrogen and oxygen atoms in total. The number of primary amides is 1. The number of rotatable bonds is 7. The van der Waals surface area contributed by atoms with Crippen LogP contribution in [-0.2, 0) is 11.3 Å². The first-order valence-corrected chi connectivity index (χ1v) is 7.12. The summed E-state index contributed by atoms with van der Waals surface area (Å²) in [6, 6.07) is 14.1. The van der Waals surface area contributed by atoms with Gasteiger partial charge in [-0.05, 0) is 42.0 Å². The largest absolute Gasteiger partial charge is 0.497 e. The lowest BCUT2D eigenvalue weighted by Gasteiger charge is -2.08. The molecule has 0 aliphatic heterocycles. The maximum Gasteiger partial charge on any atom is 0.248 e. The molecule has 0 saturated carbocycles. The van der Waals surface area contributed by atoms with Crippen LogP contribution in [0.2, 0.25) is 0 Å². The van der Waals surface area contributed by atoms with Crippen LogP contribution in [0.15, 0.2) is 48.5 Å². The van der Waals surface area contributed by atoms with Crippen molar-refractivity contribution >= 4 is 17.5 Å². The fraction of sp³-hybridized carbons (Fsp3) is 0.176. The number of anilines is 1. The van der Waals surface area contributed by atoms with E-state index in [1.165, 1.54) is 0 Å². The van der Waals surface area contributed by atoms with E-state index in [-0.39, 0.29) is 12.5 Å². The number of hydrogen-bond donors (Lipinski definition) is 3. The Morgan fingerprint density at radius 3 is 2.26 bits per heavy atom. The number of carbonyl (C=O) groups is 2. The third-order valence-electron chi connectivity index (χ3n) is 3.27. The van der Waals surface area contributed by atoms with Crippen molar-refractivity contribution in [3.8, 4) is 5.75 Å². The van der Waals surface area contributed by atoms with Crippen LogP contribution in [0.5, 0.6) is 5.75 Å². The molecule has 2 amide bonds. The number of ether oxygens (including phenoxy) is 1. The monoisotopic (exact) mass is 313 g/mol. The topological polar surface area (TPSA) is 93.4 Å². The Morgan fingerprint density at radius 2 is 1.70 bits per heavy atom. The first-order chi connectivity index (χ1) is 11.1. The molecular weight excluding hydrogens is 294 g/mol. The van der Waals surface area contributed by atoms with E-state index in [4.69, 9.17) is 10.5 Å². The van der Waals surface area contributed by atoms with Gasteiger partial charge in [0.2, 0.25) is 11.8 Å². The standard InChI is InChI=1S/C17H19N3O3/c1-23-15-8-2-12(3-9-15)10-20-16(21)11-19-14-6-4-13(5-7-14)17(18)22/h2-9,19H,10-11H2,1H3,(H2,18,22)(H,20,21). The van der Waals surface area contributed by atoms with Gasteiger partial charge in [-0.3, -0.25) is 9.59 Å². The van der Waals surface area contributed by atoms with Crippen LogP contribution >= 0.6 is 0 Å². The summed E-state index contributed by atoms with van der Waals surface area (Å²) in [5, 5.41) is 5.80. The number of amides is 2. The Hall–Kier alpha value is -3.02. The molecule has 120 valence electrons. The summed E-state index contributed by atoms with van der Waals surface area (Å²) in [6.45, 7) is 0.594. The number of hydrogen-bond acceptors (Lipinski definition) is 4. The lowest BCUT2D eigenvalue weighted by atomic mass is 10.2. The van der Waals surface area contributed by atoms with Gasteiger partial charge in [0.15, 0.2) is 0 Å². The second-order valence-corrected chi connectivity index (χ2v) is 4.92. The maximum atomic E-state index is 11.8. The second-order valence-electron chi connectivity index (χ2n) is 4.92. The highest BCUT2D eigenvalue weighted by Gasteiger charge is 2.03. The van der Waals surface area contributed by atoms with Gasteiger partial charge in [-0.2, -0.15) is 0 Å². The SMILES string of the molecule is COc1ccc(CNC(=O)CNc2ccc(C(N)=O)cc2)cc1. The van der Waals surface area contributed by atoms with Gasteiger partial charge in [-0.1, -0.05) is 12.1 Å². The number of benzene rings is 2. The summed E-state index contributed by atoms with van der Waals surface area (Å²) in [4.78, 5) is 22.8. The predicted molar refractivity (Wildman–Crippen MR) is 88.3 cm³/mol. The van der Waals surface area contributed by atoms with Gasteiger partial charge in [0.25, 0.3) is 0 Å². The minimum atomic E-state index is -0.478. The average Bonchev–Trinajstić information content (AvgIpc) is 2.59. The quantitative estimate of drug-likeness (QED) is 0.722. The first kappa shape index (κ1) is 16.4. The van der Waals surface area contributed by atoms with Crippen LogP contribution in [-0.4, -0.2) is 25.5 Å². The molecule has 2 rings (SSSR count). The summed E-state index contributed by atoms with van der Waals surface area (Å²) >= 11 is 0. The van der Waals surface area contributed by atoms with Gasteiger partial charge >= 0.3 is 0 Å². The zero-order valence-corrected chi connectivity index (χ0v) is 12.8. The van der Waals surface area contributed by atoms with Gasteiger partial charge in [0.1, 0.15) is 5.75 Å². The summed E-state index contributed by atoms with van der Waals surface area (Å²) in [5.41, 5.74) is 7.33. The average molecular weight is 313 g/mol. The molecule has 0 saturated heterocycles. The zero-order valence-electron chi connectivity index (χ0n) is 12.8. The van der Waals surface area contributed by atoms with E-state index < -0.39 is 5.91 Å². The molecule has 0 unspecified atom stereocenters. The molecule has 0 bridgehead atoms. The molecule has 6 heteroatoms. The second kappa shape index (κ2) is 7.84. The van der Waals surface area contributed by atoms with Crippen molar-refractivity contribution in [3.05, 3.63) is 59.7 Å². The molecule has 4 N–H and O–H groups in total. The minimum absolute atomic E-state index is 0.125. The van der Waals surface area contributed by atoms with Crippen molar-refractivity contribution in [2.24, 2.45) is 5.73 Å². The zero-order chi connectivity index (χ0) is 16.7. The summed E-state index contributed by atoms with van der Waals surface area (Å²) in [7, 11) is 1.61. The maximum absolute atomic E-state index is 11.8. The Kier molecular flexibility index (Phi) is 5.57. The van der Waals surface area contributed by atoms with E-state index in [0.717, 1.165) is 17.0 Å². The Balaban J connectivity index is 1.77. The van der Waals surface area contributed by atoms with Gasteiger partial charge in [-0.25, -0.2) is 0 Å². The lowest BCUT2D eigenvalue weighted by Crippen LogP contribution is -2.29. The van der Waals surface area contributed by atoms with E-state index in [9.17, 15) is 9.59 Å². The van der Waals surface area contributed by atoms with Crippen molar-refractivity contribution in [3.63, 3.8) is 0 Å². The molecule has 23 heavy (non-hydrogen) atoms. The third-order valence-corrected chi connectivity index (χ3v) is 3.27. The number of methoxy groups -OCH3 is 1. The van der Waals surface area contributed by atoms with Crippen LogP contribution in [0.4, 0.5) is 5.69 Å². The molecule has 0 aromatic heterocycles. The number of nitrogens with one attached hydrogen (secondary N) is 2. The van der Waals surface area contributed by atoms with Crippen molar-refractivity contribution < 1.29 is 14.3 Å². The lowest BCUT2D eigenvalue weighted by molar-refractivity contribution is -0.119. The minimum Gasteiger partial charge on any atom is -0.497 e. The predicted octanol–water partition coefficient (Wildman–Crippen LogP) is 1.52. The van der Waals surface area contributed by atoms with E-state index in [1.54, 1.807) is 31.4 Å². The van der Waals surface area contributed by atoms with E-state index >= 15 is 0 Å². The first-order valence-electron chi connectivity index (χ1n) is 7.12. The molecule has 2 aromatic carbocycles. The number of nitrogens with two attached hydrogens (primary N) is 1. The van der Waals surface area contributed by atoms with Crippen LogP contribution in [0.1, 0.15) is 15.9 Å². The molecule has 2 aromatic rings. The van der Waals surface area contributed by atoms with Gasteiger partial charge in [-0.15, -0.1) is 0 Å². The molecule has 0 spiro atoms. The third kappa shape index (κ3) is 5.03. The van der Waals surface area contributed by atoms with Crippen LogP contribution in [0.25, 0.3) is 0 Å². The van der Waals surface area contributed by atoms with Crippen molar-refractivity contribution in [2.45, 2.75) is 6.54 Å². The normalized spacial score (nSPS) is 9.96. The van der Waals surface area contributed by atoms with E-state index in [2.05, 4.69) is 10.6 Å². The molecule has 0 aliphatic carbocycles. The Labute approximate surface area is 134 Å². The highest BCUT2D eigenvalue weighted by Crippen LogP contribution is 2.11. The van der Waals surface area contributed by atoms with Crippen molar-refractivity contribution in [1.29, 1.82) is 0 Å². The summed E-state index contributed by atoms with van der Waals surface area (Å²) in [6.07, 6.45) is 0. The fourth-order valence-electron chi connectivity index (χ4n) is 1.94. The fourth-order valence-corrected chi connectivity index (χ4v) is 1.94. The summed E-state index contributed by atoms with van der Waals surface area (Å²) < 4.78 is 5.08. The van der Waals surface area contributed by atoms with Gasteiger partial charge in [0, 0.05) is 17.8 Å². The van der Waals surface area contributed by atoms with Crippen LogP contribution < -0.4 is 21.1 Å². The number of carbonyl (C=O) groups excluding carboxylic acids is 2. The van der Waals surface area contributed by atoms with Crippen LogP contribution in [0, 0.1) is 0 Å². The highest BCUT2D eigenvalue weighted by atomic mass is 16.5. The molecule has 0 fully saturated rings. The van der Waals surface area contributed by atoms with Gasteiger partial charge < -0.3 is 21.1 Å². The van der Waals surface area contributed by atoms with E-state index in [1.807, 2.05) is 24.3 Å². The smallest absolute Gasteiger partial charge is 0.248 e. The summed E-state index contributed by atoms with van der Waals surface area (Å²) in [5.74, 6) is 0.176. The van der Waals surface area contributed by atoms with Gasteiger partial charge in [0.05, 0.1) is 13.7 Å². The highest BCUT2D eigenvalue weighted by molar-refractivity contribution is 5.93. The molecule has 0 aliphatic rings.